The first-order valence-electron chi connectivity index (χ1n) is 6.92. The van der Waals surface area contributed by atoms with Crippen LogP contribution in [0.15, 0.2) is 53.1 Å². The predicted octanol–water partition coefficient (Wildman–Crippen LogP) is 3.61. The molecule has 5 nitrogen and oxygen atoms in total. The van der Waals surface area contributed by atoms with Gasteiger partial charge in [-0.05, 0) is 37.6 Å². The van der Waals surface area contributed by atoms with Gasteiger partial charge in [0.2, 0.25) is 0 Å². The summed E-state index contributed by atoms with van der Waals surface area (Å²) < 4.78 is 5.22. The van der Waals surface area contributed by atoms with Gasteiger partial charge in [-0.25, -0.2) is 0 Å². The lowest BCUT2D eigenvalue weighted by atomic mass is 10.1. The van der Waals surface area contributed by atoms with Crippen LogP contribution in [0.25, 0.3) is 11.5 Å². The normalized spacial score (nSPS) is 10.5. The molecule has 0 spiro atoms. The summed E-state index contributed by atoms with van der Waals surface area (Å²) in [7, 11) is 0. The number of nitrogens with one attached hydrogen (secondary N) is 1. The highest BCUT2D eigenvalue weighted by Crippen LogP contribution is 2.30. The number of hydrogen-bond donors (Lipinski definition) is 1. The molecule has 1 N–H and O–H groups in total. The zero-order valence-electron chi connectivity index (χ0n) is 12.3. The summed E-state index contributed by atoms with van der Waals surface area (Å²) in [6, 6.07) is 14.7. The second kappa shape index (κ2) is 5.81. The second-order valence-corrected chi connectivity index (χ2v) is 4.96. The highest BCUT2D eigenvalue weighted by atomic mass is 16.5. The number of carbonyl (C=O) groups excluding carboxylic acids is 1. The molecule has 0 unspecified atom stereocenters. The Hall–Kier alpha value is -2.95. The number of carbonyl (C=O) groups is 1. The number of benzene rings is 2. The average Bonchev–Trinajstić information content (AvgIpc) is 2.96. The Kier molecular flexibility index (Phi) is 3.70. The second-order valence-electron chi connectivity index (χ2n) is 4.96. The number of nitrogens with zero attached hydrogens (tertiary/aromatic N) is 2. The smallest absolute Gasteiger partial charge is 0.260 e. The van der Waals surface area contributed by atoms with Gasteiger partial charge in [-0.1, -0.05) is 35.5 Å². The minimum absolute atomic E-state index is 0.174. The third-order valence-corrected chi connectivity index (χ3v) is 3.31. The number of hydrogen-bond acceptors (Lipinski definition) is 4. The predicted molar refractivity (Wildman–Crippen MR) is 83.6 cm³/mol. The van der Waals surface area contributed by atoms with E-state index in [0.29, 0.717) is 28.5 Å². The molecule has 3 rings (SSSR count). The molecule has 0 bridgehead atoms. The lowest BCUT2D eigenvalue weighted by molar-refractivity contribution is 0.102. The maximum atomic E-state index is 12.4. The largest absolute Gasteiger partial charge is 0.334 e. The maximum absolute atomic E-state index is 12.4. The molecule has 22 heavy (non-hydrogen) atoms. The monoisotopic (exact) mass is 293 g/mol. The SMILES string of the molecule is Cc1noc(-c2cccc(C)c2NC(=O)c2ccccc2)n1. The van der Waals surface area contributed by atoms with Crippen molar-refractivity contribution in [3.8, 4) is 11.5 Å². The van der Waals surface area contributed by atoms with Gasteiger partial charge < -0.3 is 9.84 Å². The third kappa shape index (κ3) is 2.74. The van der Waals surface area contributed by atoms with Gasteiger partial charge in [0.25, 0.3) is 11.8 Å². The van der Waals surface area contributed by atoms with Gasteiger partial charge in [0.15, 0.2) is 5.82 Å². The van der Waals surface area contributed by atoms with E-state index in [1.807, 2.05) is 43.3 Å². The fraction of sp³-hybridized carbons (Fsp3) is 0.118. The fourth-order valence-corrected chi connectivity index (χ4v) is 2.19. The molecular weight excluding hydrogens is 278 g/mol. The van der Waals surface area contributed by atoms with Crippen LogP contribution >= 0.6 is 0 Å². The molecule has 1 amide bonds. The highest BCUT2D eigenvalue weighted by molar-refractivity contribution is 6.06. The first kappa shape index (κ1) is 14.0. The van der Waals surface area contributed by atoms with E-state index in [-0.39, 0.29) is 5.91 Å². The van der Waals surface area contributed by atoms with Crippen molar-refractivity contribution in [3.63, 3.8) is 0 Å². The van der Waals surface area contributed by atoms with Crippen LogP contribution in [0.2, 0.25) is 0 Å². The first-order valence-corrected chi connectivity index (χ1v) is 6.92. The van der Waals surface area contributed by atoms with Crippen molar-refractivity contribution < 1.29 is 9.32 Å². The summed E-state index contributed by atoms with van der Waals surface area (Å²) in [5.41, 5.74) is 2.92. The third-order valence-electron chi connectivity index (χ3n) is 3.31. The van der Waals surface area contributed by atoms with Gasteiger partial charge >= 0.3 is 0 Å². The van der Waals surface area contributed by atoms with Crippen LogP contribution in [0.1, 0.15) is 21.7 Å². The molecule has 0 saturated heterocycles. The minimum Gasteiger partial charge on any atom is -0.334 e. The summed E-state index contributed by atoms with van der Waals surface area (Å²) >= 11 is 0. The lowest BCUT2D eigenvalue weighted by Gasteiger charge is -2.11. The molecule has 1 heterocycles. The lowest BCUT2D eigenvalue weighted by Crippen LogP contribution is -2.13. The van der Waals surface area contributed by atoms with Crippen LogP contribution in [0.4, 0.5) is 5.69 Å². The standard InChI is InChI=1S/C17H15N3O2/c1-11-7-6-10-14(17-18-12(2)20-22-17)15(11)19-16(21)13-8-4-3-5-9-13/h3-10H,1-2H3,(H,19,21). The van der Waals surface area contributed by atoms with Crippen molar-refractivity contribution in [2.75, 3.05) is 5.32 Å². The number of para-hydroxylation sites is 1. The van der Waals surface area contributed by atoms with Gasteiger partial charge in [-0.15, -0.1) is 0 Å². The van der Waals surface area contributed by atoms with Crippen LogP contribution in [-0.2, 0) is 0 Å². The van der Waals surface area contributed by atoms with E-state index >= 15 is 0 Å². The zero-order valence-corrected chi connectivity index (χ0v) is 12.3. The zero-order chi connectivity index (χ0) is 15.5. The fourth-order valence-electron chi connectivity index (χ4n) is 2.19. The molecule has 0 saturated carbocycles. The van der Waals surface area contributed by atoms with Crippen molar-refractivity contribution in [2.45, 2.75) is 13.8 Å². The topological polar surface area (TPSA) is 68.0 Å². The molecule has 0 fully saturated rings. The van der Waals surface area contributed by atoms with Crippen molar-refractivity contribution in [2.24, 2.45) is 0 Å². The molecular formula is C17H15N3O2. The molecule has 3 aromatic rings. The Morgan fingerprint density at radius 2 is 1.82 bits per heavy atom. The Labute approximate surface area is 128 Å². The summed E-state index contributed by atoms with van der Waals surface area (Å²) in [5, 5.41) is 6.74. The van der Waals surface area contributed by atoms with E-state index in [2.05, 4.69) is 15.5 Å². The Morgan fingerprint density at radius 1 is 1.05 bits per heavy atom. The van der Waals surface area contributed by atoms with Crippen molar-refractivity contribution in [3.05, 3.63) is 65.5 Å². The van der Waals surface area contributed by atoms with E-state index in [1.165, 1.54) is 0 Å². The van der Waals surface area contributed by atoms with E-state index in [0.717, 1.165) is 5.56 Å². The van der Waals surface area contributed by atoms with Crippen molar-refractivity contribution >= 4 is 11.6 Å². The number of aromatic nitrogens is 2. The molecule has 110 valence electrons. The quantitative estimate of drug-likeness (QED) is 0.801. The van der Waals surface area contributed by atoms with Crippen LogP contribution in [0, 0.1) is 13.8 Å². The maximum Gasteiger partial charge on any atom is 0.260 e. The van der Waals surface area contributed by atoms with E-state index in [9.17, 15) is 4.79 Å². The number of amides is 1. The summed E-state index contributed by atoms with van der Waals surface area (Å²) in [4.78, 5) is 16.6. The molecule has 2 aromatic carbocycles. The highest BCUT2D eigenvalue weighted by Gasteiger charge is 2.16. The summed E-state index contributed by atoms with van der Waals surface area (Å²) in [5.74, 6) is 0.772. The van der Waals surface area contributed by atoms with E-state index in [4.69, 9.17) is 4.52 Å². The molecule has 1 aromatic heterocycles. The van der Waals surface area contributed by atoms with E-state index in [1.54, 1.807) is 19.1 Å². The molecule has 0 aliphatic heterocycles. The van der Waals surface area contributed by atoms with E-state index < -0.39 is 0 Å². The van der Waals surface area contributed by atoms with Crippen LogP contribution in [-0.4, -0.2) is 16.0 Å². The van der Waals surface area contributed by atoms with Crippen LogP contribution in [0.5, 0.6) is 0 Å². The summed E-state index contributed by atoms with van der Waals surface area (Å²) in [6.45, 7) is 3.68. The number of aryl methyl sites for hydroxylation is 2. The minimum atomic E-state index is -0.174. The average molecular weight is 293 g/mol. The Bertz CT molecular complexity index is 810. The van der Waals surface area contributed by atoms with Crippen molar-refractivity contribution in [1.82, 2.24) is 10.1 Å². The molecule has 0 radical (unpaired) electrons. The van der Waals surface area contributed by atoms with Crippen LogP contribution in [0.3, 0.4) is 0 Å². The Morgan fingerprint density at radius 3 is 2.50 bits per heavy atom. The van der Waals surface area contributed by atoms with Gasteiger partial charge in [-0.2, -0.15) is 4.98 Å². The first-order chi connectivity index (χ1) is 10.6. The molecule has 5 heteroatoms. The molecule has 0 atom stereocenters. The van der Waals surface area contributed by atoms with Gasteiger partial charge in [0, 0.05) is 5.56 Å². The molecule has 0 aliphatic carbocycles. The van der Waals surface area contributed by atoms with Gasteiger partial charge in [0.05, 0.1) is 11.3 Å². The van der Waals surface area contributed by atoms with Crippen molar-refractivity contribution in [1.29, 1.82) is 0 Å². The summed E-state index contributed by atoms with van der Waals surface area (Å²) in [6.07, 6.45) is 0. The molecule has 0 aliphatic rings. The number of anilines is 1. The number of rotatable bonds is 3. The Balaban J connectivity index is 1.98. The van der Waals surface area contributed by atoms with Crippen LogP contribution < -0.4 is 5.32 Å². The van der Waals surface area contributed by atoms with Gasteiger partial charge in [0.1, 0.15) is 0 Å². The van der Waals surface area contributed by atoms with Gasteiger partial charge in [-0.3, -0.25) is 4.79 Å².